The molecule has 0 saturated carbocycles. The van der Waals surface area contributed by atoms with Crippen LogP contribution in [0.4, 0.5) is 4.39 Å². The molecular formula is C18H22FN5O2S2. The van der Waals surface area contributed by atoms with Crippen LogP contribution in [0.1, 0.15) is 38.7 Å². The maximum Gasteiger partial charge on any atom is 0.236 e. The molecule has 28 heavy (non-hydrogen) atoms. The highest BCUT2D eigenvalue weighted by Gasteiger charge is 2.23. The van der Waals surface area contributed by atoms with Crippen LogP contribution in [0.25, 0.3) is 0 Å². The Labute approximate surface area is 171 Å². The Kier molecular flexibility index (Phi) is 6.95. The Morgan fingerprint density at radius 3 is 2.82 bits per heavy atom. The molecule has 1 amide bonds. The van der Waals surface area contributed by atoms with Gasteiger partial charge < -0.3 is 14.6 Å². The molecule has 1 unspecified atom stereocenters. The molecule has 1 aliphatic rings. The van der Waals surface area contributed by atoms with Crippen molar-refractivity contribution < 1.29 is 13.9 Å². The predicted octanol–water partition coefficient (Wildman–Crippen LogP) is 3.45. The number of amides is 1. The summed E-state index contributed by atoms with van der Waals surface area (Å²) in [6, 6.07) is 6.30. The summed E-state index contributed by atoms with van der Waals surface area (Å²) in [6.07, 6.45) is -0.501. The van der Waals surface area contributed by atoms with Crippen molar-refractivity contribution in [2.75, 3.05) is 18.1 Å². The second kappa shape index (κ2) is 9.42. The van der Waals surface area contributed by atoms with Gasteiger partial charge in [-0.05, 0) is 32.9 Å². The van der Waals surface area contributed by atoms with E-state index in [1.807, 2.05) is 18.4 Å². The van der Waals surface area contributed by atoms with Gasteiger partial charge in [-0.15, -0.1) is 10.2 Å². The van der Waals surface area contributed by atoms with Crippen LogP contribution >= 0.6 is 23.5 Å². The summed E-state index contributed by atoms with van der Waals surface area (Å²) >= 11 is 2.84. The van der Waals surface area contributed by atoms with E-state index in [9.17, 15) is 9.18 Å². The molecule has 0 fully saturated rings. The molecule has 1 aliphatic heterocycles. The number of aromatic nitrogens is 3. The Bertz CT molecular complexity index is 871. The van der Waals surface area contributed by atoms with Gasteiger partial charge in [0.2, 0.25) is 5.91 Å². The largest absolute Gasteiger partial charge is 0.480 e. The molecule has 0 spiro atoms. The molecule has 2 aromatic rings. The lowest BCUT2D eigenvalue weighted by molar-refractivity contribution is -0.117. The first-order chi connectivity index (χ1) is 13.5. The highest BCUT2D eigenvalue weighted by molar-refractivity contribution is 8.14. The summed E-state index contributed by atoms with van der Waals surface area (Å²) in [7, 11) is 0. The van der Waals surface area contributed by atoms with E-state index < -0.39 is 11.9 Å². The monoisotopic (exact) mass is 423 g/mol. The van der Waals surface area contributed by atoms with E-state index in [1.165, 1.54) is 29.6 Å². The van der Waals surface area contributed by atoms with Gasteiger partial charge in [0.25, 0.3) is 0 Å². The van der Waals surface area contributed by atoms with Crippen LogP contribution in [-0.2, 0) is 4.79 Å². The van der Waals surface area contributed by atoms with Gasteiger partial charge in [-0.3, -0.25) is 9.79 Å². The Morgan fingerprint density at radius 1 is 1.36 bits per heavy atom. The van der Waals surface area contributed by atoms with Gasteiger partial charge in [0.15, 0.2) is 33.8 Å². The number of carbonyl (C=O) groups excluding carboxylic acids is 1. The number of para-hydroxylation sites is 1. The summed E-state index contributed by atoms with van der Waals surface area (Å²) in [4.78, 5) is 16.3. The highest BCUT2D eigenvalue weighted by atomic mass is 32.2. The number of thioether (sulfide) groups is 2. The van der Waals surface area contributed by atoms with E-state index in [-0.39, 0.29) is 23.5 Å². The summed E-state index contributed by atoms with van der Waals surface area (Å²) in [5, 5.41) is 12.5. The molecule has 150 valence electrons. The van der Waals surface area contributed by atoms with Crippen molar-refractivity contribution in [1.82, 2.24) is 20.1 Å². The number of carbonyl (C=O) groups is 1. The smallest absolute Gasteiger partial charge is 0.236 e. The maximum absolute atomic E-state index is 13.9. The number of benzene rings is 1. The van der Waals surface area contributed by atoms with Crippen LogP contribution < -0.4 is 10.1 Å². The van der Waals surface area contributed by atoms with Gasteiger partial charge in [0.05, 0.1) is 12.3 Å². The van der Waals surface area contributed by atoms with Gasteiger partial charge in [-0.25, -0.2) is 4.39 Å². The first kappa shape index (κ1) is 20.7. The number of nitrogens with one attached hydrogen (secondary N) is 1. The van der Waals surface area contributed by atoms with E-state index in [0.29, 0.717) is 16.1 Å². The third kappa shape index (κ3) is 5.05. The third-order valence-electron chi connectivity index (χ3n) is 3.88. The quantitative estimate of drug-likeness (QED) is 0.687. The molecule has 1 aromatic heterocycles. The summed E-state index contributed by atoms with van der Waals surface area (Å²) in [6.45, 7) is 6.53. The average Bonchev–Trinajstić information content (AvgIpc) is 3.31. The van der Waals surface area contributed by atoms with Crippen molar-refractivity contribution >= 4 is 34.6 Å². The lowest BCUT2D eigenvalue weighted by Gasteiger charge is -2.19. The molecule has 1 N–H and O–H groups in total. The van der Waals surface area contributed by atoms with E-state index in [4.69, 9.17) is 4.74 Å². The Morgan fingerprint density at radius 2 is 2.14 bits per heavy atom. The van der Waals surface area contributed by atoms with E-state index in [1.54, 1.807) is 25.1 Å². The molecule has 7 nitrogen and oxygen atoms in total. The average molecular weight is 424 g/mol. The molecule has 0 saturated heterocycles. The number of nitrogens with zero attached hydrogens (tertiary/aromatic N) is 4. The third-order valence-corrected chi connectivity index (χ3v) is 5.71. The standard InChI is InChI=1S/C18H22FN5O2S2/c1-11(2)24-16(12(3)26-14-7-5-4-6-13(14)19)22-23-18(24)28-10-15(25)21-17-20-8-9-27-17/h4-7,11-12H,8-10H2,1-3H3,(H,20,21,25). The molecule has 0 aliphatic carbocycles. The summed E-state index contributed by atoms with van der Waals surface area (Å²) in [5.41, 5.74) is 0. The van der Waals surface area contributed by atoms with Crippen LogP contribution in [0.5, 0.6) is 5.75 Å². The first-order valence-electron chi connectivity index (χ1n) is 8.91. The molecule has 3 rings (SSSR count). The number of aliphatic imine (C=N–C) groups is 1. The zero-order valence-electron chi connectivity index (χ0n) is 15.9. The van der Waals surface area contributed by atoms with E-state index in [2.05, 4.69) is 20.5 Å². The summed E-state index contributed by atoms with van der Waals surface area (Å²) < 4.78 is 21.5. The van der Waals surface area contributed by atoms with Crippen molar-refractivity contribution in [3.8, 4) is 5.75 Å². The minimum Gasteiger partial charge on any atom is -0.480 e. The fourth-order valence-electron chi connectivity index (χ4n) is 2.63. The van der Waals surface area contributed by atoms with Crippen LogP contribution in [-0.4, -0.2) is 43.9 Å². The molecule has 2 heterocycles. The van der Waals surface area contributed by atoms with Gasteiger partial charge >= 0.3 is 0 Å². The van der Waals surface area contributed by atoms with Crippen LogP contribution in [0.15, 0.2) is 34.4 Å². The molecule has 0 bridgehead atoms. The van der Waals surface area contributed by atoms with Crippen LogP contribution in [0.3, 0.4) is 0 Å². The minimum absolute atomic E-state index is 0.0528. The fraction of sp³-hybridized carbons (Fsp3) is 0.444. The number of rotatable bonds is 7. The number of halogens is 1. The zero-order chi connectivity index (χ0) is 20.1. The topological polar surface area (TPSA) is 81.4 Å². The van der Waals surface area contributed by atoms with E-state index in [0.717, 1.165) is 12.3 Å². The SMILES string of the molecule is CC(Oc1ccccc1F)c1nnc(SCC(=O)NC2=NCCS2)n1C(C)C. The maximum atomic E-state index is 13.9. The van der Waals surface area contributed by atoms with Crippen molar-refractivity contribution in [1.29, 1.82) is 0 Å². The van der Waals surface area contributed by atoms with Crippen LogP contribution in [0.2, 0.25) is 0 Å². The van der Waals surface area contributed by atoms with Gasteiger partial charge in [0, 0.05) is 11.8 Å². The molecule has 1 aromatic carbocycles. The molecule has 0 radical (unpaired) electrons. The van der Waals surface area contributed by atoms with Crippen molar-refractivity contribution in [2.24, 2.45) is 4.99 Å². The predicted molar refractivity (Wildman–Crippen MR) is 109 cm³/mol. The Balaban J connectivity index is 1.68. The van der Waals surface area contributed by atoms with Crippen molar-refractivity contribution in [2.45, 2.75) is 38.1 Å². The van der Waals surface area contributed by atoms with Gasteiger partial charge in [-0.1, -0.05) is 35.7 Å². The molecular weight excluding hydrogens is 401 g/mol. The minimum atomic E-state index is -0.501. The highest BCUT2D eigenvalue weighted by Crippen LogP contribution is 2.28. The van der Waals surface area contributed by atoms with Gasteiger partial charge in [0.1, 0.15) is 0 Å². The lowest BCUT2D eigenvalue weighted by atomic mass is 10.3. The van der Waals surface area contributed by atoms with Crippen molar-refractivity contribution in [3.05, 3.63) is 35.9 Å². The Hall–Kier alpha value is -2.07. The fourth-order valence-corrected chi connectivity index (χ4v) is 4.25. The van der Waals surface area contributed by atoms with E-state index >= 15 is 0 Å². The number of amidine groups is 1. The lowest BCUT2D eigenvalue weighted by Crippen LogP contribution is -2.29. The first-order valence-corrected chi connectivity index (χ1v) is 10.9. The summed E-state index contributed by atoms with van der Waals surface area (Å²) in [5.74, 6) is 1.28. The normalized spacial score (nSPS) is 14.8. The second-order valence-electron chi connectivity index (χ2n) is 6.37. The molecule has 1 atom stereocenters. The number of hydrogen-bond donors (Lipinski definition) is 1. The second-order valence-corrected chi connectivity index (χ2v) is 8.39. The van der Waals surface area contributed by atoms with Crippen LogP contribution in [0, 0.1) is 5.82 Å². The zero-order valence-corrected chi connectivity index (χ0v) is 17.5. The van der Waals surface area contributed by atoms with Gasteiger partial charge in [-0.2, -0.15) is 0 Å². The molecule has 10 heteroatoms. The number of ether oxygens (including phenoxy) is 1. The number of hydrogen-bond acceptors (Lipinski definition) is 7. The van der Waals surface area contributed by atoms with Crippen molar-refractivity contribution in [3.63, 3.8) is 0 Å².